The second kappa shape index (κ2) is 12.4. The van der Waals surface area contributed by atoms with Crippen LogP contribution < -0.4 is 10.6 Å². The van der Waals surface area contributed by atoms with Gasteiger partial charge in [0.1, 0.15) is 0 Å². The lowest BCUT2D eigenvalue weighted by Gasteiger charge is -2.38. The van der Waals surface area contributed by atoms with Gasteiger partial charge < -0.3 is 25.0 Å². The summed E-state index contributed by atoms with van der Waals surface area (Å²) in [5.41, 5.74) is -2.01. The van der Waals surface area contributed by atoms with Gasteiger partial charge in [0.2, 0.25) is 5.91 Å². The molecule has 13 heteroatoms. The fraction of sp³-hybridized carbons (Fsp3) is 0.500. The lowest BCUT2D eigenvalue weighted by molar-refractivity contribution is -0.172. The third-order valence-electron chi connectivity index (χ3n) is 5.40. The van der Waals surface area contributed by atoms with E-state index in [9.17, 15) is 29.1 Å². The van der Waals surface area contributed by atoms with E-state index >= 15 is 0 Å². The standard InChI is InChI=1S/C22H27BCl2N2O8/c1-12(2)6-13(7-15(28)11-27-20(31)16-8-14(24)4-5-17(16)25)23-34-19(30)10-22(35-23,21(32)33)9-18(29)26-3/h4-5,8,12-13H,6-7,9-11H2,1-3H3,(H,26,29)(H,27,31)(H,32,33)/t13-,22-/m1/s1. The van der Waals surface area contributed by atoms with Crippen molar-refractivity contribution < 1.29 is 38.4 Å². The zero-order valence-electron chi connectivity index (χ0n) is 19.6. The number of ketones is 1. The maximum atomic E-state index is 12.7. The summed E-state index contributed by atoms with van der Waals surface area (Å²) in [6, 6.07) is 4.36. The molecule has 1 aliphatic rings. The Morgan fingerprint density at radius 1 is 1.23 bits per heavy atom. The molecular weight excluding hydrogens is 502 g/mol. The number of carbonyl (C=O) groups is 5. The Kier molecular flexibility index (Phi) is 10.1. The zero-order chi connectivity index (χ0) is 26.3. The molecule has 0 radical (unpaired) electrons. The van der Waals surface area contributed by atoms with E-state index in [0.29, 0.717) is 11.4 Å². The summed E-state index contributed by atoms with van der Waals surface area (Å²) < 4.78 is 11.0. The summed E-state index contributed by atoms with van der Waals surface area (Å²) in [4.78, 5) is 61.4. The van der Waals surface area contributed by atoms with E-state index in [0.717, 1.165) is 0 Å². The van der Waals surface area contributed by atoms with Crippen molar-refractivity contribution in [3.05, 3.63) is 33.8 Å². The third-order valence-corrected chi connectivity index (χ3v) is 5.97. The number of carboxylic acid groups (broad SMARTS) is 1. The summed E-state index contributed by atoms with van der Waals surface area (Å²) in [7, 11) is -0.0248. The van der Waals surface area contributed by atoms with E-state index in [-0.39, 0.29) is 29.5 Å². The van der Waals surface area contributed by atoms with Gasteiger partial charge >= 0.3 is 13.1 Å². The number of carboxylic acids is 1. The van der Waals surface area contributed by atoms with Gasteiger partial charge in [-0.05, 0) is 30.5 Å². The van der Waals surface area contributed by atoms with Crippen molar-refractivity contribution in [3.63, 3.8) is 0 Å². The fourth-order valence-electron chi connectivity index (χ4n) is 3.74. The van der Waals surface area contributed by atoms with Gasteiger partial charge in [-0.15, -0.1) is 0 Å². The van der Waals surface area contributed by atoms with Gasteiger partial charge in [-0.1, -0.05) is 37.0 Å². The molecule has 10 nitrogen and oxygen atoms in total. The number of carbonyl (C=O) groups excluding carboxylic acids is 4. The smallest absolute Gasteiger partial charge is 0.509 e. The minimum absolute atomic E-state index is 0.0371. The Morgan fingerprint density at radius 3 is 2.51 bits per heavy atom. The first kappa shape index (κ1) is 28.6. The first-order valence-corrected chi connectivity index (χ1v) is 11.7. The molecule has 2 rings (SSSR count). The number of hydrogen-bond donors (Lipinski definition) is 3. The summed E-state index contributed by atoms with van der Waals surface area (Å²) in [5.74, 6) is -4.63. The second-order valence-corrected chi connectivity index (χ2v) is 9.59. The Labute approximate surface area is 213 Å². The highest BCUT2D eigenvalue weighted by Gasteiger charge is 2.54. The minimum atomic E-state index is -2.12. The molecule has 1 aromatic rings. The average Bonchev–Trinajstić information content (AvgIpc) is 2.77. The van der Waals surface area contributed by atoms with Gasteiger partial charge in [0.25, 0.3) is 11.9 Å². The highest BCUT2D eigenvalue weighted by atomic mass is 35.5. The van der Waals surface area contributed by atoms with Gasteiger partial charge in [0, 0.05) is 24.3 Å². The number of nitrogens with one attached hydrogen (secondary N) is 2. The molecule has 2 amide bonds. The van der Waals surface area contributed by atoms with E-state index in [2.05, 4.69) is 10.6 Å². The lowest BCUT2D eigenvalue weighted by Crippen LogP contribution is -2.56. The van der Waals surface area contributed by atoms with Crippen molar-refractivity contribution in [2.75, 3.05) is 13.6 Å². The lowest BCUT2D eigenvalue weighted by atomic mass is 9.63. The van der Waals surface area contributed by atoms with Gasteiger partial charge in [0.05, 0.1) is 30.0 Å². The molecule has 3 N–H and O–H groups in total. The predicted octanol–water partition coefficient (Wildman–Crippen LogP) is 2.51. The van der Waals surface area contributed by atoms with Crippen LogP contribution in [0.1, 0.15) is 49.9 Å². The van der Waals surface area contributed by atoms with Crippen LogP contribution in [0.15, 0.2) is 18.2 Å². The molecular formula is C22H27BCl2N2O8. The summed E-state index contributed by atoms with van der Waals surface area (Å²) in [5, 5.41) is 15.0. The molecule has 190 valence electrons. The van der Waals surface area contributed by atoms with E-state index in [1.54, 1.807) is 0 Å². The quantitative estimate of drug-likeness (QED) is 0.371. The first-order chi connectivity index (χ1) is 16.4. The summed E-state index contributed by atoms with van der Waals surface area (Å²) >= 11 is 11.9. The topological polar surface area (TPSA) is 148 Å². The SMILES string of the molecule is CNC(=O)C[C@]1(C(=O)O)CC(=O)OB([C@@H](CC(=O)CNC(=O)c2cc(Cl)ccc2Cl)CC(C)C)O1. The van der Waals surface area contributed by atoms with Gasteiger partial charge in [-0.3, -0.25) is 19.2 Å². The zero-order valence-corrected chi connectivity index (χ0v) is 21.1. The molecule has 0 aliphatic carbocycles. The number of rotatable bonds is 11. The monoisotopic (exact) mass is 528 g/mol. The van der Waals surface area contributed by atoms with Crippen LogP contribution in [0.5, 0.6) is 0 Å². The van der Waals surface area contributed by atoms with Crippen molar-refractivity contribution in [1.82, 2.24) is 10.6 Å². The average molecular weight is 529 g/mol. The van der Waals surface area contributed by atoms with E-state index in [1.165, 1.54) is 25.2 Å². The third kappa shape index (κ3) is 7.94. The maximum absolute atomic E-state index is 12.7. The van der Waals surface area contributed by atoms with Crippen molar-refractivity contribution >= 4 is 59.9 Å². The van der Waals surface area contributed by atoms with Crippen LogP contribution in [0.3, 0.4) is 0 Å². The second-order valence-electron chi connectivity index (χ2n) is 8.74. The number of amides is 2. The molecule has 1 aliphatic heterocycles. The van der Waals surface area contributed by atoms with Crippen LogP contribution in [0.2, 0.25) is 15.9 Å². The molecule has 0 bridgehead atoms. The van der Waals surface area contributed by atoms with Gasteiger partial charge in [-0.2, -0.15) is 0 Å². The normalized spacial score (nSPS) is 18.6. The predicted molar refractivity (Wildman–Crippen MR) is 128 cm³/mol. The first-order valence-electron chi connectivity index (χ1n) is 10.9. The summed E-state index contributed by atoms with van der Waals surface area (Å²) in [6.07, 6.45) is -1.06. The molecule has 1 fully saturated rings. The van der Waals surface area contributed by atoms with E-state index in [4.69, 9.17) is 32.5 Å². The van der Waals surface area contributed by atoms with Crippen molar-refractivity contribution in [1.29, 1.82) is 0 Å². The van der Waals surface area contributed by atoms with Gasteiger partial charge in [0.15, 0.2) is 11.4 Å². The van der Waals surface area contributed by atoms with Crippen LogP contribution in [0.25, 0.3) is 0 Å². The minimum Gasteiger partial charge on any atom is -0.509 e. The van der Waals surface area contributed by atoms with Crippen LogP contribution in [-0.2, 0) is 28.5 Å². The molecule has 1 saturated heterocycles. The van der Waals surface area contributed by atoms with Crippen LogP contribution in [-0.4, -0.2) is 61.0 Å². The Bertz CT molecular complexity index is 1010. The van der Waals surface area contributed by atoms with Gasteiger partial charge in [-0.25, -0.2) is 4.79 Å². The molecule has 1 heterocycles. The molecule has 0 unspecified atom stereocenters. The Morgan fingerprint density at radius 2 is 1.91 bits per heavy atom. The van der Waals surface area contributed by atoms with E-state index < -0.39 is 60.9 Å². The molecule has 0 spiro atoms. The summed E-state index contributed by atoms with van der Waals surface area (Å²) in [6.45, 7) is 3.40. The molecule has 35 heavy (non-hydrogen) atoms. The maximum Gasteiger partial charge on any atom is 0.531 e. The molecule has 0 saturated carbocycles. The molecule has 0 aromatic heterocycles. The Balaban J connectivity index is 2.15. The van der Waals surface area contributed by atoms with Crippen LogP contribution >= 0.6 is 23.2 Å². The highest BCUT2D eigenvalue weighted by Crippen LogP contribution is 2.36. The Hall–Kier alpha value is -2.63. The number of halogens is 2. The number of hydrogen-bond acceptors (Lipinski definition) is 7. The highest BCUT2D eigenvalue weighted by molar-refractivity contribution is 6.50. The van der Waals surface area contributed by atoms with Crippen LogP contribution in [0, 0.1) is 5.92 Å². The van der Waals surface area contributed by atoms with Crippen molar-refractivity contribution in [2.24, 2.45) is 5.92 Å². The van der Waals surface area contributed by atoms with E-state index in [1.807, 2.05) is 13.8 Å². The fourth-order valence-corrected chi connectivity index (χ4v) is 4.12. The number of Topliss-reactive ketones (excluding diaryl/α,β-unsaturated/α-hetero) is 1. The number of benzene rings is 1. The molecule has 2 atom stereocenters. The number of aliphatic carboxylic acids is 1. The van der Waals surface area contributed by atoms with Crippen molar-refractivity contribution in [3.8, 4) is 0 Å². The largest absolute Gasteiger partial charge is 0.531 e. The van der Waals surface area contributed by atoms with Crippen molar-refractivity contribution in [2.45, 2.75) is 50.9 Å². The molecule has 1 aromatic carbocycles. The van der Waals surface area contributed by atoms with Crippen LogP contribution in [0.4, 0.5) is 0 Å².